The number of nitrogens with one attached hydrogen (secondary N) is 1. The van der Waals surface area contributed by atoms with Crippen LogP contribution in [0, 0.1) is 0 Å². The lowest BCUT2D eigenvalue weighted by Gasteiger charge is -2.27. The molecule has 432 valence electrons. The summed E-state index contributed by atoms with van der Waals surface area (Å²) >= 11 is 0. The number of likely N-dealkylation sites (N-methyl/N-ethyl adjacent to an activating group) is 1. The monoisotopic (exact) mass is 1060 g/mol. The predicted molar refractivity (Wildman–Crippen MR) is 318 cm³/mol. The Hall–Kier alpha value is -2.29. The Kier molecular flexibility index (Phi) is 52.4. The van der Waals surface area contributed by atoms with Crippen molar-refractivity contribution >= 4 is 19.7 Å². The van der Waals surface area contributed by atoms with Gasteiger partial charge in [-0.1, -0.05) is 262 Å². The molecule has 0 aromatic rings. The number of hydrogen-bond donors (Lipinski definition) is 2. The second kappa shape index (κ2) is 54.1. The molecule has 0 fully saturated rings. The third-order valence-electron chi connectivity index (χ3n) is 13.7. The van der Waals surface area contributed by atoms with Gasteiger partial charge in [0.25, 0.3) is 0 Å². The van der Waals surface area contributed by atoms with E-state index in [0.29, 0.717) is 23.9 Å². The maximum absolute atomic E-state index is 13.5. The molecule has 0 spiro atoms. The Morgan fingerprint density at radius 1 is 0.486 bits per heavy atom. The zero-order valence-corrected chi connectivity index (χ0v) is 50.2. The average Bonchev–Trinajstić information content (AvgIpc) is 3.36. The first-order valence-electron chi connectivity index (χ1n) is 31.1. The summed E-state index contributed by atoms with van der Waals surface area (Å²) < 4.78 is 30.6. The topological polar surface area (TPSA) is 111 Å². The van der Waals surface area contributed by atoms with Crippen LogP contribution in [-0.2, 0) is 27.9 Å². The number of carbonyl (C=O) groups excluding carboxylic acids is 2. The maximum Gasteiger partial charge on any atom is 0.472 e. The first-order chi connectivity index (χ1) is 35.9. The third-order valence-corrected chi connectivity index (χ3v) is 14.7. The van der Waals surface area contributed by atoms with E-state index in [1.165, 1.54) is 161 Å². The molecule has 9 nitrogen and oxygen atoms in total. The molecule has 0 aliphatic rings. The van der Waals surface area contributed by atoms with Crippen LogP contribution in [0.15, 0.2) is 60.8 Å². The van der Waals surface area contributed by atoms with Gasteiger partial charge in [0.1, 0.15) is 19.3 Å². The molecule has 0 bridgehead atoms. The molecule has 0 saturated carbocycles. The van der Waals surface area contributed by atoms with Crippen LogP contribution in [0.1, 0.15) is 284 Å². The summed E-state index contributed by atoms with van der Waals surface area (Å²) in [6, 6.07) is -0.864. The lowest BCUT2D eigenvalue weighted by atomic mass is 10.0. The molecule has 0 heterocycles. The largest absolute Gasteiger partial charge is 0.472 e. The first-order valence-corrected chi connectivity index (χ1v) is 32.6. The number of phosphoric acid groups is 1. The van der Waals surface area contributed by atoms with Gasteiger partial charge in [0, 0.05) is 12.8 Å². The fraction of sp³-hybridized carbons (Fsp3) is 0.812. The highest BCUT2D eigenvalue weighted by atomic mass is 31.2. The summed E-state index contributed by atoms with van der Waals surface area (Å²) in [5.41, 5.74) is 0. The number of allylic oxidation sites excluding steroid dienone is 9. The summed E-state index contributed by atoms with van der Waals surface area (Å²) in [6.07, 6.45) is 68.0. The number of phosphoric ester groups is 1. The fourth-order valence-electron chi connectivity index (χ4n) is 8.93. The van der Waals surface area contributed by atoms with Gasteiger partial charge in [-0.3, -0.25) is 18.6 Å². The lowest BCUT2D eigenvalue weighted by Crippen LogP contribution is -2.47. The molecule has 3 unspecified atom stereocenters. The van der Waals surface area contributed by atoms with Crippen molar-refractivity contribution in [1.29, 1.82) is 0 Å². The normalized spacial score (nSPS) is 14.1. The Bertz CT molecular complexity index is 1450. The number of hydrogen-bond acceptors (Lipinski definition) is 6. The van der Waals surface area contributed by atoms with Gasteiger partial charge in [0.2, 0.25) is 5.91 Å². The molecule has 0 aliphatic carbocycles. The van der Waals surface area contributed by atoms with E-state index in [4.69, 9.17) is 13.8 Å². The summed E-state index contributed by atoms with van der Waals surface area (Å²) in [4.78, 5) is 37.7. The van der Waals surface area contributed by atoms with Crippen molar-refractivity contribution in [1.82, 2.24) is 5.32 Å². The lowest BCUT2D eigenvalue weighted by molar-refractivity contribution is -0.870. The Morgan fingerprint density at radius 2 is 0.865 bits per heavy atom. The van der Waals surface area contributed by atoms with E-state index in [9.17, 15) is 19.0 Å². The van der Waals surface area contributed by atoms with Gasteiger partial charge in [-0.05, 0) is 70.3 Å². The minimum Gasteiger partial charge on any atom is -0.456 e. The van der Waals surface area contributed by atoms with Gasteiger partial charge >= 0.3 is 13.8 Å². The summed E-state index contributed by atoms with van der Waals surface area (Å²) in [7, 11) is 1.48. The number of unbranched alkanes of at least 4 members (excludes halogenated alkanes) is 32. The van der Waals surface area contributed by atoms with Gasteiger partial charge < -0.3 is 19.4 Å². The molecule has 0 aliphatic heterocycles. The number of quaternary nitrogens is 1. The van der Waals surface area contributed by atoms with Crippen LogP contribution in [0.2, 0.25) is 0 Å². The molecule has 1 amide bonds. The van der Waals surface area contributed by atoms with Crippen molar-refractivity contribution in [3.05, 3.63) is 60.8 Å². The zero-order valence-electron chi connectivity index (χ0n) is 49.3. The van der Waals surface area contributed by atoms with Crippen molar-refractivity contribution in [3.8, 4) is 0 Å². The van der Waals surface area contributed by atoms with E-state index < -0.39 is 20.0 Å². The molecule has 0 rings (SSSR count). The van der Waals surface area contributed by atoms with E-state index >= 15 is 0 Å². The minimum absolute atomic E-state index is 0.0335. The highest BCUT2D eigenvalue weighted by molar-refractivity contribution is 7.47. The molecular weight excluding hydrogens is 940 g/mol. The Morgan fingerprint density at radius 3 is 1.31 bits per heavy atom. The third kappa shape index (κ3) is 54.5. The summed E-state index contributed by atoms with van der Waals surface area (Å²) in [5.74, 6) is -0.534. The van der Waals surface area contributed by atoms with E-state index in [1.54, 1.807) is 0 Å². The van der Waals surface area contributed by atoms with Gasteiger partial charge in [-0.15, -0.1) is 0 Å². The van der Waals surface area contributed by atoms with E-state index in [1.807, 2.05) is 33.3 Å². The average molecular weight is 1060 g/mol. The number of rotatable bonds is 56. The van der Waals surface area contributed by atoms with E-state index in [0.717, 1.165) is 83.5 Å². The number of nitrogens with zero attached hydrogens (tertiary/aromatic N) is 1. The van der Waals surface area contributed by atoms with Crippen LogP contribution in [0.25, 0.3) is 0 Å². The quantitative estimate of drug-likeness (QED) is 0.0205. The minimum atomic E-state index is -4.45. The first kappa shape index (κ1) is 71.7. The fourth-order valence-corrected chi connectivity index (χ4v) is 9.67. The second-order valence-electron chi connectivity index (χ2n) is 22.2. The standard InChI is InChI=1S/C64H119N2O7P/c1-7-10-13-16-19-22-25-27-29-31-32-33-34-35-37-39-42-45-48-51-54-57-64(68)73-62(55-52-49-46-43-40-24-21-18-15-12-9-3)61(60-72-74(69,70)71-59-58-66(4,5)6)65-63(67)56-53-50-47-44-41-38-36-30-28-26-23-20-17-14-11-8-2/h11,14,20,23,28,30,38,41,52,55,61-62H,7-10,12-13,15-19,21-22,24-27,29,31-37,39-40,42-51,53-54,56-60H2,1-6H3,(H-,65,67,69,70)/p+1/b14-11+,23-20+,30-28+,41-38+,55-52+. The summed E-state index contributed by atoms with van der Waals surface area (Å²) in [6.45, 7) is 6.89. The number of carbonyl (C=O) groups is 2. The van der Waals surface area contributed by atoms with Gasteiger partial charge in [-0.25, -0.2) is 4.57 Å². The van der Waals surface area contributed by atoms with Crippen LogP contribution in [0.4, 0.5) is 0 Å². The molecular formula is C64H120N2O7P+. The van der Waals surface area contributed by atoms with Crippen LogP contribution in [-0.4, -0.2) is 74.3 Å². The van der Waals surface area contributed by atoms with Gasteiger partial charge in [0.05, 0.1) is 33.8 Å². The van der Waals surface area contributed by atoms with E-state index in [-0.39, 0.29) is 31.5 Å². The van der Waals surface area contributed by atoms with E-state index in [2.05, 4.69) is 74.7 Å². The smallest absolute Gasteiger partial charge is 0.456 e. The van der Waals surface area contributed by atoms with Crippen molar-refractivity contribution < 1.29 is 37.3 Å². The molecule has 74 heavy (non-hydrogen) atoms. The zero-order chi connectivity index (χ0) is 54.3. The van der Waals surface area contributed by atoms with Crippen molar-refractivity contribution in [2.24, 2.45) is 0 Å². The summed E-state index contributed by atoms with van der Waals surface area (Å²) in [5, 5.41) is 3.04. The Labute approximate surface area is 458 Å². The van der Waals surface area contributed by atoms with Crippen LogP contribution in [0.3, 0.4) is 0 Å². The molecule has 0 radical (unpaired) electrons. The maximum atomic E-state index is 13.5. The molecule has 10 heteroatoms. The molecule has 0 saturated heterocycles. The Balaban J connectivity index is 5.20. The predicted octanol–water partition coefficient (Wildman–Crippen LogP) is 19.1. The molecule has 0 aromatic carbocycles. The highest BCUT2D eigenvalue weighted by Crippen LogP contribution is 2.43. The van der Waals surface area contributed by atoms with Crippen molar-refractivity contribution in [2.45, 2.75) is 296 Å². The van der Waals surface area contributed by atoms with Crippen LogP contribution >= 0.6 is 7.82 Å². The van der Waals surface area contributed by atoms with Gasteiger partial charge in [0.15, 0.2) is 0 Å². The van der Waals surface area contributed by atoms with Crippen LogP contribution < -0.4 is 5.32 Å². The molecule has 2 N–H and O–H groups in total. The SMILES string of the molecule is CC/C=C/C/C=C/C/C=C/C/C=C/CCCCCC(=O)NC(COP(=O)(O)OCC[N+](C)(C)C)C(/C=C/CCCCCCCCCCC)OC(=O)CCCCCCCCCCCCCCCCCCCCCCC. The van der Waals surface area contributed by atoms with Crippen molar-refractivity contribution in [2.75, 3.05) is 40.9 Å². The highest BCUT2D eigenvalue weighted by Gasteiger charge is 2.30. The second-order valence-corrected chi connectivity index (χ2v) is 23.7. The number of amides is 1. The molecule has 0 aromatic heterocycles. The van der Waals surface area contributed by atoms with Crippen LogP contribution in [0.5, 0.6) is 0 Å². The molecule has 3 atom stereocenters. The number of ether oxygens (including phenoxy) is 1. The number of esters is 1. The van der Waals surface area contributed by atoms with Gasteiger partial charge in [-0.2, -0.15) is 0 Å². The van der Waals surface area contributed by atoms with Crippen molar-refractivity contribution in [3.63, 3.8) is 0 Å².